The van der Waals surface area contributed by atoms with Gasteiger partial charge in [0.25, 0.3) is 0 Å². The zero-order valence-corrected chi connectivity index (χ0v) is 7.63. The van der Waals surface area contributed by atoms with E-state index in [1.165, 1.54) is 0 Å². The van der Waals surface area contributed by atoms with Gasteiger partial charge in [-0.25, -0.2) is 0 Å². The Labute approximate surface area is 76.9 Å². The predicted molar refractivity (Wildman–Crippen MR) is 31.1 cm³/mol. The Balaban J connectivity index is -0.0000000720. The van der Waals surface area contributed by atoms with Gasteiger partial charge in [-0.3, -0.25) is 11.7 Å². The minimum atomic E-state index is -1.08. The van der Waals surface area contributed by atoms with E-state index in [0.29, 0.717) is 13.1 Å². The monoisotopic (exact) mass is 142 g/mol. The Bertz CT molecular complexity index is 54.5. The third kappa shape index (κ3) is 204. The first-order chi connectivity index (χ1) is 3.65. The fourth-order valence-corrected chi connectivity index (χ4v) is 0. The summed E-state index contributed by atoms with van der Waals surface area (Å²) in [5.74, 6) is -1.08. The number of rotatable bonds is 1. The van der Waals surface area contributed by atoms with Gasteiger partial charge in [-0.15, -0.1) is 0 Å². The third-order valence-electron chi connectivity index (χ3n) is 0.167. The van der Waals surface area contributed by atoms with Crippen molar-refractivity contribution in [3.8, 4) is 0 Å². The molecule has 0 saturated carbocycles. The molecule has 0 radical (unpaired) electrons. The summed E-state index contributed by atoms with van der Waals surface area (Å²) in [5.41, 5.74) is 9.81. The molecule has 0 aromatic carbocycles. The molecule has 0 bridgehead atoms. The fourth-order valence-electron chi connectivity index (χ4n) is 0. The first kappa shape index (κ1) is 16.1. The van der Waals surface area contributed by atoms with Crippen LogP contribution < -0.4 is 41.0 Å². The van der Waals surface area contributed by atoms with E-state index >= 15 is 0 Å². The molecule has 0 aliphatic heterocycles. The molecule has 0 aliphatic rings. The molecule has 4 nitrogen and oxygen atoms in total. The van der Waals surface area contributed by atoms with E-state index in [4.69, 9.17) is 21.4 Å². The number of nitrogens with two attached hydrogens (primary N) is 2. The van der Waals surface area contributed by atoms with Gasteiger partial charge in [0, 0.05) is 13.1 Å². The first-order valence-electron chi connectivity index (χ1n) is 2.10. The van der Waals surface area contributed by atoms with Gasteiger partial charge in [0.15, 0.2) is 5.97 Å². The van der Waals surface area contributed by atoms with Crippen molar-refractivity contribution in [3.05, 3.63) is 6.92 Å². The fraction of sp³-hybridized carbons (Fsp3) is 0.500. The third-order valence-corrected chi connectivity index (χ3v) is 0.167. The van der Waals surface area contributed by atoms with Crippen molar-refractivity contribution in [3.63, 3.8) is 0 Å². The molecule has 0 saturated heterocycles. The SMILES string of the molecule is NCCN.[CH2-]C(=O)O.[Na+]. The van der Waals surface area contributed by atoms with E-state index in [1.807, 2.05) is 0 Å². The molecule has 0 rings (SSSR count). The Morgan fingerprint density at radius 1 is 1.44 bits per heavy atom. The van der Waals surface area contributed by atoms with Crippen LogP contribution in [-0.4, -0.2) is 24.2 Å². The van der Waals surface area contributed by atoms with Crippen molar-refractivity contribution in [1.29, 1.82) is 0 Å². The van der Waals surface area contributed by atoms with E-state index in [-0.39, 0.29) is 29.6 Å². The number of hydrogen-bond donors (Lipinski definition) is 3. The number of carbonyl (C=O) groups is 1. The summed E-state index contributed by atoms with van der Waals surface area (Å²) in [7, 11) is 0. The normalized spacial score (nSPS) is 6.00. The summed E-state index contributed by atoms with van der Waals surface area (Å²) < 4.78 is 0. The summed E-state index contributed by atoms with van der Waals surface area (Å²) in [6.45, 7) is 3.75. The van der Waals surface area contributed by atoms with Gasteiger partial charge in [0.1, 0.15) is 0 Å². The standard InChI is InChI=1S/C2H8N2.C2H3O2.Na/c3-1-2-4;1-2(3)4;/h1-4H2;1H2,(H,3,4);/q;-1;+1. The summed E-state index contributed by atoms with van der Waals surface area (Å²) in [6, 6.07) is 0. The van der Waals surface area contributed by atoms with Gasteiger partial charge in [0.2, 0.25) is 0 Å². The minimum Gasteiger partial charge on any atom is -0.503 e. The molecule has 0 aromatic rings. The maximum atomic E-state index is 8.89. The van der Waals surface area contributed by atoms with Crippen LogP contribution in [0.15, 0.2) is 0 Å². The zero-order chi connectivity index (χ0) is 6.99. The van der Waals surface area contributed by atoms with Gasteiger partial charge < -0.3 is 16.6 Å². The van der Waals surface area contributed by atoms with E-state index in [0.717, 1.165) is 0 Å². The average molecular weight is 142 g/mol. The Morgan fingerprint density at radius 3 is 1.56 bits per heavy atom. The number of hydrogen-bond acceptors (Lipinski definition) is 3. The summed E-state index contributed by atoms with van der Waals surface area (Å²) in [4.78, 5) is 8.89. The molecule has 9 heavy (non-hydrogen) atoms. The Kier molecular flexibility index (Phi) is 28.2. The van der Waals surface area contributed by atoms with Crippen molar-refractivity contribution in [1.82, 2.24) is 0 Å². The molecule has 5 N–H and O–H groups in total. The second kappa shape index (κ2) is 15.7. The molecule has 0 fully saturated rings. The number of carboxylic acids is 1. The van der Waals surface area contributed by atoms with Crippen LogP contribution in [0.25, 0.3) is 0 Å². The average Bonchev–Trinajstić information content (AvgIpc) is 1.65. The zero-order valence-electron chi connectivity index (χ0n) is 5.63. The Hall–Kier alpha value is 0.260. The second-order valence-corrected chi connectivity index (χ2v) is 0.971. The van der Waals surface area contributed by atoms with Crippen LogP contribution in [0, 0.1) is 6.92 Å². The first-order valence-corrected chi connectivity index (χ1v) is 2.10. The van der Waals surface area contributed by atoms with Gasteiger partial charge in [-0.1, -0.05) is 0 Å². The molecule has 0 atom stereocenters. The molecule has 0 heterocycles. The van der Waals surface area contributed by atoms with Crippen molar-refractivity contribution >= 4 is 5.97 Å². The van der Waals surface area contributed by atoms with Crippen LogP contribution in [0.1, 0.15) is 0 Å². The van der Waals surface area contributed by atoms with Crippen molar-refractivity contribution < 1.29 is 39.5 Å². The van der Waals surface area contributed by atoms with Gasteiger partial charge >= 0.3 is 29.6 Å². The number of carboxylic acid groups (broad SMARTS) is 1. The van der Waals surface area contributed by atoms with Gasteiger partial charge in [0.05, 0.1) is 0 Å². The largest absolute Gasteiger partial charge is 1.00 e. The van der Waals surface area contributed by atoms with Crippen molar-refractivity contribution in [2.45, 2.75) is 0 Å². The molecule has 50 valence electrons. The van der Waals surface area contributed by atoms with E-state index in [1.54, 1.807) is 0 Å². The number of aliphatic carboxylic acids is 1. The van der Waals surface area contributed by atoms with Gasteiger partial charge in [-0.2, -0.15) is 0 Å². The quantitative estimate of drug-likeness (QED) is 0.256. The van der Waals surface area contributed by atoms with Crippen molar-refractivity contribution in [2.75, 3.05) is 13.1 Å². The minimum absolute atomic E-state index is 0. The molecule has 0 unspecified atom stereocenters. The Morgan fingerprint density at radius 2 is 1.56 bits per heavy atom. The van der Waals surface area contributed by atoms with Crippen LogP contribution in [0.3, 0.4) is 0 Å². The summed E-state index contributed by atoms with van der Waals surface area (Å²) >= 11 is 0. The van der Waals surface area contributed by atoms with Crippen LogP contribution in [0.5, 0.6) is 0 Å². The van der Waals surface area contributed by atoms with Crippen molar-refractivity contribution in [2.24, 2.45) is 11.5 Å². The van der Waals surface area contributed by atoms with Gasteiger partial charge in [-0.05, 0) is 0 Å². The molecule has 0 aliphatic carbocycles. The predicted octanol–water partition coefficient (Wildman–Crippen LogP) is -4.19. The van der Waals surface area contributed by atoms with Crippen LogP contribution in [-0.2, 0) is 4.79 Å². The molecule has 0 amide bonds. The van der Waals surface area contributed by atoms with E-state index in [9.17, 15) is 0 Å². The summed E-state index contributed by atoms with van der Waals surface area (Å²) in [5, 5.41) is 7.31. The van der Waals surface area contributed by atoms with Crippen LogP contribution in [0.4, 0.5) is 0 Å². The molecule has 0 spiro atoms. The molecule has 5 heteroatoms. The summed E-state index contributed by atoms with van der Waals surface area (Å²) in [6.07, 6.45) is 0. The molecular formula is C4H11N2NaO2. The van der Waals surface area contributed by atoms with E-state index < -0.39 is 5.97 Å². The molecule has 0 aromatic heterocycles. The van der Waals surface area contributed by atoms with E-state index in [2.05, 4.69) is 6.92 Å². The maximum absolute atomic E-state index is 8.89. The second-order valence-electron chi connectivity index (χ2n) is 0.971. The van der Waals surface area contributed by atoms with Crippen LogP contribution >= 0.6 is 0 Å². The maximum Gasteiger partial charge on any atom is 1.00 e. The molecular weight excluding hydrogens is 131 g/mol. The topological polar surface area (TPSA) is 89.3 Å². The smallest absolute Gasteiger partial charge is 0.503 e. The van der Waals surface area contributed by atoms with Crippen LogP contribution in [0.2, 0.25) is 0 Å².